The predicted molar refractivity (Wildman–Crippen MR) is 164 cm³/mol. The van der Waals surface area contributed by atoms with Crippen LogP contribution in [-0.2, 0) is 0 Å². The Kier molecular flexibility index (Phi) is 7.25. The molecule has 0 saturated carbocycles. The van der Waals surface area contributed by atoms with E-state index in [2.05, 4.69) is 30.8 Å². The summed E-state index contributed by atoms with van der Waals surface area (Å²) < 4.78 is 17.6. The van der Waals surface area contributed by atoms with E-state index in [1.54, 1.807) is 35.1 Å². The molecule has 6 aromatic rings. The Morgan fingerprint density at radius 2 is 1.84 bits per heavy atom. The number of nitrogens with one attached hydrogen (secondary N) is 1. The molecule has 1 amide bonds. The van der Waals surface area contributed by atoms with E-state index in [9.17, 15) is 9.18 Å². The van der Waals surface area contributed by atoms with Gasteiger partial charge in [-0.3, -0.25) is 9.78 Å². The molecule has 0 bridgehead atoms. The summed E-state index contributed by atoms with van der Waals surface area (Å²) >= 11 is 0. The molecule has 1 saturated heterocycles. The number of hydrogen-bond donors (Lipinski definition) is 1. The lowest BCUT2D eigenvalue weighted by molar-refractivity contribution is 0.102. The van der Waals surface area contributed by atoms with Crippen molar-refractivity contribution in [2.75, 3.05) is 25.0 Å². The van der Waals surface area contributed by atoms with Gasteiger partial charge in [-0.2, -0.15) is 10.4 Å². The summed E-state index contributed by atoms with van der Waals surface area (Å²) in [5.41, 5.74) is 4.83. The van der Waals surface area contributed by atoms with Crippen LogP contribution in [0.3, 0.4) is 0 Å². The highest BCUT2D eigenvalue weighted by Gasteiger charge is 2.26. The van der Waals surface area contributed by atoms with Gasteiger partial charge in [0.15, 0.2) is 11.5 Å². The van der Waals surface area contributed by atoms with Gasteiger partial charge in [0.1, 0.15) is 11.5 Å². The van der Waals surface area contributed by atoms with E-state index in [1.165, 1.54) is 12.1 Å². The Morgan fingerprint density at radius 1 is 1.02 bits per heavy atom. The van der Waals surface area contributed by atoms with Crippen molar-refractivity contribution in [3.05, 3.63) is 96.8 Å². The van der Waals surface area contributed by atoms with Crippen LogP contribution >= 0.6 is 0 Å². The Balaban J connectivity index is 1.22. The summed E-state index contributed by atoms with van der Waals surface area (Å²) in [6.45, 7) is 2.55. The summed E-state index contributed by atoms with van der Waals surface area (Å²) in [7, 11) is 0. The van der Waals surface area contributed by atoms with Crippen molar-refractivity contribution >= 4 is 28.3 Å². The zero-order valence-electron chi connectivity index (χ0n) is 23.8. The standard InChI is InChI=1S/C33H28FN9O/c34-23-8-6-22(7-9-23)31-32(42(21-37-31)24-13-18-41(19-14-24)17-3-15-35)28-10-11-30-38-29(20-43(30)40-28)39-33(44)26-12-16-36-27-5-2-1-4-25(26)27/h1-2,4-12,16,20-21,24H,3,13-14,17-19H2,(H,39,44). The van der Waals surface area contributed by atoms with E-state index in [1.807, 2.05) is 42.7 Å². The largest absolute Gasteiger partial charge is 0.326 e. The minimum Gasteiger partial charge on any atom is -0.326 e. The second-order valence-electron chi connectivity index (χ2n) is 10.8. The zero-order valence-corrected chi connectivity index (χ0v) is 23.8. The van der Waals surface area contributed by atoms with Gasteiger partial charge in [-0.15, -0.1) is 0 Å². The molecule has 7 rings (SSSR count). The van der Waals surface area contributed by atoms with Gasteiger partial charge >= 0.3 is 0 Å². The maximum atomic E-state index is 13.8. The molecule has 0 aliphatic carbocycles. The van der Waals surface area contributed by atoms with E-state index in [4.69, 9.17) is 15.3 Å². The second kappa shape index (κ2) is 11.7. The molecular formula is C33H28FN9O. The maximum Gasteiger partial charge on any atom is 0.257 e. The summed E-state index contributed by atoms with van der Waals surface area (Å²) in [6, 6.07) is 21.7. The first-order valence-corrected chi connectivity index (χ1v) is 14.5. The summed E-state index contributed by atoms with van der Waals surface area (Å²) in [4.78, 5) is 29.2. The minimum absolute atomic E-state index is 0.190. The van der Waals surface area contributed by atoms with Gasteiger partial charge in [0.25, 0.3) is 5.91 Å². The first-order valence-electron chi connectivity index (χ1n) is 14.5. The maximum absolute atomic E-state index is 13.8. The summed E-state index contributed by atoms with van der Waals surface area (Å²) in [6.07, 6.45) is 7.48. The molecule has 2 aromatic carbocycles. The predicted octanol–water partition coefficient (Wildman–Crippen LogP) is 5.75. The van der Waals surface area contributed by atoms with Crippen molar-refractivity contribution in [3.63, 3.8) is 0 Å². The lowest BCUT2D eigenvalue weighted by Crippen LogP contribution is -2.35. The van der Waals surface area contributed by atoms with E-state index < -0.39 is 0 Å². The van der Waals surface area contributed by atoms with Crippen LogP contribution in [0.2, 0.25) is 0 Å². The average molecular weight is 586 g/mol. The normalized spacial score (nSPS) is 14.2. The first kappa shape index (κ1) is 27.4. The molecular weight excluding hydrogens is 557 g/mol. The Morgan fingerprint density at radius 3 is 2.66 bits per heavy atom. The monoisotopic (exact) mass is 585 g/mol. The summed E-state index contributed by atoms with van der Waals surface area (Å²) in [5.74, 6) is -0.227. The number of amides is 1. The van der Waals surface area contributed by atoms with Gasteiger partial charge in [-0.25, -0.2) is 18.9 Å². The van der Waals surface area contributed by atoms with Gasteiger partial charge in [0.2, 0.25) is 0 Å². The highest BCUT2D eigenvalue weighted by molar-refractivity contribution is 6.12. The fourth-order valence-electron chi connectivity index (χ4n) is 5.89. The minimum atomic E-state index is -0.313. The number of nitriles is 1. The molecule has 0 unspecified atom stereocenters. The third-order valence-electron chi connectivity index (χ3n) is 8.10. The van der Waals surface area contributed by atoms with Gasteiger partial charge in [-0.1, -0.05) is 18.2 Å². The molecule has 1 aliphatic rings. The second-order valence-corrected chi connectivity index (χ2v) is 10.8. The zero-order chi connectivity index (χ0) is 30.0. The molecule has 44 heavy (non-hydrogen) atoms. The van der Waals surface area contributed by atoms with Crippen LogP contribution in [0.4, 0.5) is 10.2 Å². The van der Waals surface area contributed by atoms with E-state index >= 15 is 0 Å². The molecule has 11 heteroatoms. The number of rotatable bonds is 7. The lowest BCUT2D eigenvalue weighted by Gasteiger charge is -2.32. The molecule has 1 fully saturated rings. The number of nitrogens with zero attached hydrogens (tertiary/aromatic N) is 8. The number of benzene rings is 2. The van der Waals surface area contributed by atoms with Crippen LogP contribution in [0.5, 0.6) is 0 Å². The number of pyridine rings is 1. The van der Waals surface area contributed by atoms with Crippen molar-refractivity contribution in [2.45, 2.75) is 25.3 Å². The number of hydrogen-bond acceptors (Lipinski definition) is 7. The van der Waals surface area contributed by atoms with Crippen LogP contribution in [0.1, 0.15) is 35.7 Å². The fraction of sp³-hybridized carbons (Fsp3) is 0.212. The average Bonchev–Trinajstić information content (AvgIpc) is 3.68. The highest BCUT2D eigenvalue weighted by Crippen LogP contribution is 2.35. The number of carbonyl (C=O) groups is 1. The number of carbonyl (C=O) groups excluding carboxylic acids is 1. The van der Waals surface area contributed by atoms with Crippen molar-refractivity contribution in [3.8, 4) is 28.7 Å². The van der Waals surface area contributed by atoms with Crippen molar-refractivity contribution in [1.29, 1.82) is 5.26 Å². The number of likely N-dealkylation sites (tertiary alicyclic amines) is 1. The van der Waals surface area contributed by atoms with Crippen LogP contribution in [0, 0.1) is 17.1 Å². The van der Waals surface area contributed by atoms with Gasteiger partial charge < -0.3 is 14.8 Å². The topological polar surface area (TPSA) is 117 Å². The van der Waals surface area contributed by atoms with Crippen molar-refractivity contribution < 1.29 is 9.18 Å². The van der Waals surface area contributed by atoms with Gasteiger partial charge in [0.05, 0.1) is 41.1 Å². The number of piperidine rings is 1. The van der Waals surface area contributed by atoms with Crippen molar-refractivity contribution in [2.24, 2.45) is 0 Å². The van der Waals surface area contributed by atoms with E-state index in [0.29, 0.717) is 34.8 Å². The van der Waals surface area contributed by atoms with Crippen LogP contribution in [0.15, 0.2) is 85.5 Å². The fourth-order valence-corrected chi connectivity index (χ4v) is 5.89. The van der Waals surface area contributed by atoms with E-state index in [0.717, 1.165) is 54.6 Å². The number of aromatic nitrogens is 6. The Hall–Kier alpha value is -5.47. The molecule has 5 heterocycles. The van der Waals surface area contributed by atoms with Gasteiger partial charge in [0, 0.05) is 49.2 Å². The van der Waals surface area contributed by atoms with Crippen molar-refractivity contribution in [1.82, 2.24) is 34.0 Å². The van der Waals surface area contributed by atoms with Crippen LogP contribution in [0.25, 0.3) is 39.2 Å². The number of para-hydroxylation sites is 1. The van der Waals surface area contributed by atoms with Crippen LogP contribution < -0.4 is 5.32 Å². The van der Waals surface area contributed by atoms with Crippen LogP contribution in [-0.4, -0.2) is 59.6 Å². The quantitative estimate of drug-likeness (QED) is 0.254. The smallest absolute Gasteiger partial charge is 0.257 e. The molecule has 4 aromatic heterocycles. The third kappa shape index (κ3) is 5.27. The Bertz CT molecular complexity index is 2010. The molecule has 218 valence electrons. The Labute approximate surface area is 252 Å². The number of halogens is 1. The van der Waals surface area contributed by atoms with Gasteiger partial charge in [-0.05, 0) is 61.4 Å². The summed E-state index contributed by atoms with van der Waals surface area (Å²) in [5, 5.41) is 17.5. The lowest BCUT2D eigenvalue weighted by atomic mass is 10.0. The molecule has 1 aliphatic heterocycles. The number of imidazole rings is 2. The molecule has 1 N–H and O–H groups in total. The molecule has 10 nitrogen and oxygen atoms in total. The number of anilines is 1. The first-order chi connectivity index (χ1) is 21.6. The van der Waals surface area contributed by atoms with E-state index in [-0.39, 0.29) is 17.8 Å². The SMILES string of the molecule is N#CCCN1CCC(n2cnc(-c3ccc(F)cc3)c2-c2ccc3nc(NC(=O)c4ccnc5ccccc45)cn3n2)CC1. The molecule has 0 spiro atoms. The third-order valence-corrected chi connectivity index (χ3v) is 8.10. The highest BCUT2D eigenvalue weighted by atomic mass is 19.1. The number of fused-ring (bicyclic) bond motifs is 2. The molecule has 0 radical (unpaired) electrons. The molecule has 0 atom stereocenters.